The summed E-state index contributed by atoms with van der Waals surface area (Å²) in [5.74, 6) is 2.17. The normalized spacial score (nSPS) is 22.7. The summed E-state index contributed by atoms with van der Waals surface area (Å²) in [6.07, 6.45) is 6.59. The monoisotopic (exact) mass is 501 g/mol. The summed E-state index contributed by atoms with van der Waals surface area (Å²) in [6, 6.07) is 11.9. The largest absolute Gasteiger partial charge is 0.444 e. The summed E-state index contributed by atoms with van der Waals surface area (Å²) in [5.41, 5.74) is 1.34. The topological polar surface area (TPSA) is 136 Å². The summed E-state index contributed by atoms with van der Waals surface area (Å²) >= 11 is 0. The average Bonchev–Trinajstić information content (AvgIpc) is 2.85. The van der Waals surface area contributed by atoms with E-state index in [0.717, 1.165) is 31.2 Å². The van der Waals surface area contributed by atoms with Gasteiger partial charge in [0.15, 0.2) is 0 Å². The number of hydrogen-bond donors (Lipinski definition) is 3. The molecule has 2 fully saturated rings. The molecule has 0 radical (unpaired) electrons. The number of benzene rings is 1. The Morgan fingerprint density at radius 3 is 2.46 bits per heavy atom. The van der Waals surface area contributed by atoms with E-state index in [2.05, 4.69) is 38.1 Å². The van der Waals surface area contributed by atoms with Crippen molar-refractivity contribution in [2.75, 3.05) is 17.2 Å². The minimum atomic E-state index is -0.511. The van der Waals surface area contributed by atoms with Crippen LogP contribution < -0.4 is 16.0 Å². The lowest BCUT2D eigenvalue weighted by Gasteiger charge is -2.46. The van der Waals surface area contributed by atoms with Crippen molar-refractivity contribution in [3.8, 4) is 12.1 Å². The Bertz CT molecular complexity index is 1180. The van der Waals surface area contributed by atoms with Crippen molar-refractivity contribution in [1.29, 1.82) is 10.5 Å². The molecule has 37 heavy (non-hydrogen) atoms. The van der Waals surface area contributed by atoms with Gasteiger partial charge in [-0.05, 0) is 75.8 Å². The van der Waals surface area contributed by atoms with Crippen LogP contribution >= 0.6 is 0 Å². The van der Waals surface area contributed by atoms with Gasteiger partial charge in [0.05, 0.1) is 17.8 Å². The summed E-state index contributed by atoms with van der Waals surface area (Å²) in [4.78, 5) is 21.2. The minimum Gasteiger partial charge on any atom is -0.444 e. The fraction of sp³-hybridized carbons (Fsp3) is 0.536. The number of nitrogens with one attached hydrogen (secondary N) is 3. The maximum Gasteiger partial charge on any atom is 0.407 e. The van der Waals surface area contributed by atoms with Crippen molar-refractivity contribution in [3.63, 3.8) is 0 Å². The maximum atomic E-state index is 12.4. The molecule has 2 aliphatic rings. The molecule has 9 nitrogen and oxygen atoms in total. The van der Waals surface area contributed by atoms with Crippen LogP contribution in [0, 0.1) is 40.4 Å². The van der Waals surface area contributed by atoms with Gasteiger partial charge in [-0.2, -0.15) is 15.5 Å². The zero-order chi connectivity index (χ0) is 26.4. The number of aromatic nitrogens is 2. The van der Waals surface area contributed by atoms with E-state index in [0.29, 0.717) is 53.7 Å². The van der Waals surface area contributed by atoms with Gasteiger partial charge in [0.2, 0.25) is 5.95 Å². The predicted octanol–water partition coefficient (Wildman–Crippen LogP) is 4.96. The second-order valence-corrected chi connectivity index (χ2v) is 11.0. The first-order valence-electron chi connectivity index (χ1n) is 13.0. The molecule has 2 aliphatic carbocycles. The molecule has 0 aliphatic heterocycles. The Morgan fingerprint density at radius 1 is 1.08 bits per heavy atom. The lowest BCUT2D eigenvalue weighted by Crippen LogP contribution is -2.52. The number of rotatable bonds is 7. The second-order valence-electron chi connectivity index (χ2n) is 11.0. The Labute approximate surface area is 218 Å². The number of carbonyl (C=O) groups excluding carboxylic acids is 1. The third-order valence-electron chi connectivity index (χ3n) is 7.16. The number of carbonyl (C=O) groups is 1. The number of alkyl carbamates (subject to hydrolysis) is 1. The zero-order valence-electron chi connectivity index (χ0n) is 21.8. The third kappa shape index (κ3) is 6.89. The molecule has 2 saturated carbocycles. The predicted molar refractivity (Wildman–Crippen MR) is 140 cm³/mol. The van der Waals surface area contributed by atoms with E-state index < -0.39 is 5.60 Å². The number of ether oxygens (including phenoxy) is 1. The van der Waals surface area contributed by atoms with E-state index in [4.69, 9.17) is 4.74 Å². The van der Waals surface area contributed by atoms with Crippen molar-refractivity contribution < 1.29 is 9.53 Å². The molecule has 1 heterocycles. The van der Waals surface area contributed by atoms with Gasteiger partial charge in [-0.1, -0.05) is 24.6 Å². The van der Waals surface area contributed by atoms with Crippen LogP contribution in [0.1, 0.15) is 69.6 Å². The number of fused-ring (bicyclic) bond motifs is 2. The summed E-state index contributed by atoms with van der Waals surface area (Å²) in [5, 5.41) is 28.6. The highest BCUT2D eigenvalue weighted by Crippen LogP contribution is 2.43. The average molecular weight is 502 g/mol. The van der Waals surface area contributed by atoms with Crippen LogP contribution in [0.4, 0.5) is 16.6 Å². The van der Waals surface area contributed by atoms with Crippen molar-refractivity contribution in [3.05, 3.63) is 47.2 Å². The van der Waals surface area contributed by atoms with Crippen molar-refractivity contribution in [2.45, 2.75) is 71.1 Å². The van der Waals surface area contributed by atoms with Crippen LogP contribution in [0.5, 0.6) is 0 Å². The minimum absolute atomic E-state index is 0.153. The highest BCUT2D eigenvalue weighted by atomic mass is 16.6. The van der Waals surface area contributed by atoms with Crippen LogP contribution in [-0.2, 0) is 11.3 Å². The molecule has 3 N–H and O–H groups in total. The molecular weight excluding hydrogens is 466 g/mol. The molecule has 4 rings (SSSR count). The molecule has 0 spiro atoms. The van der Waals surface area contributed by atoms with Crippen LogP contribution in [0.15, 0.2) is 30.5 Å². The number of anilines is 2. The molecule has 1 aromatic heterocycles. The Morgan fingerprint density at radius 2 is 1.78 bits per heavy atom. The van der Waals surface area contributed by atoms with Crippen LogP contribution in [-0.4, -0.2) is 34.2 Å². The molecular formula is C28H35N7O2. The summed E-state index contributed by atoms with van der Waals surface area (Å²) < 4.78 is 5.51. The van der Waals surface area contributed by atoms with E-state index in [9.17, 15) is 15.3 Å². The van der Waals surface area contributed by atoms with Gasteiger partial charge in [-0.3, -0.25) is 0 Å². The Hall–Kier alpha value is -3.85. The van der Waals surface area contributed by atoms with Crippen LogP contribution in [0.2, 0.25) is 0 Å². The maximum absolute atomic E-state index is 12.4. The molecule has 4 atom stereocenters. The lowest BCUT2D eigenvalue weighted by atomic mass is 9.64. The van der Waals surface area contributed by atoms with Gasteiger partial charge in [0.25, 0.3) is 0 Å². The molecule has 194 valence electrons. The van der Waals surface area contributed by atoms with Crippen molar-refractivity contribution in [2.24, 2.45) is 17.8 Å². The highest BCUT2D eigenvalue weighted by molar-refractivity contribution is 5.68. The number of nitrogens with zero attached hydrogens (tertiary/aromatic N) is 4. The number of nitriles is 2. The Balaban J connectivity index is 1.36. The number of amides is 1. The first-order chi connectivity index (χ1) is 17.8. The van der Waals surface area contributed by atoms with Gasteiger partial charge < -0.3 is 20.7 Å². The first-order valence-corrected chi connectivity index (χ1v) is 13.0. The van der Waals surface area contributed by atoms with E-state index in [-0.39, 0.29) is 12.1 Å². The third-order valence-corrected chi connectivity index (χ3v) is 7.16. The van der Waals surface area contributed by atoms with Gasteiger partial charge in [0, 0.05) is 19.1 Å². The fourth-order valence-electron chi connectivity index (χ4n) is 5.60. The second kappa shape index (κ2) is 11.5. The van der Waals surface area contributed by atoms with E-state index in [1.165, 1.54) is 12.6 Å². The molecule has 9 heteroatoms. The first kappa shape index (κ1) is 26.2. The summed E-state index contributed by atoms with van der Waals surface area (Å²) in [7, 11) is 0. The fourth-order valence-corrected chi connectivity index (χ4v) is 5.60. The number of hydrogen-bond acceptors (Lipinski definition) is 8. The van der Waals surface area contributed by atoms with Crippen LogP contribution in [0.25, 0.3) is 0 Å². The SMILES string of the molecule is CC(C)(C)OC(=O)NC1[C@@H]2CCC[C@H]1CC(CNc1nc(NCc3ccccc3C#N)ncc1C#N)C2. The molecule has 2 unspecified atom stereocenters. The van der Waals surface area contributed by atoms with Gasteiger partial charge in [0.1, 0.15) is 23.1 Å². The summed E-state index contributed by atoms with van der Waals surface area (Å²) in [6.45, 7) is 6.75. The van der Waals surface area contributed by atoms with Gasteiger partial charge in [-0.15, -0.1) is 0 Å². The van der Waals surface area contributed by atoms with Crippen LogP contribution in [0.3, 0.4) is 0 Å². The van der Waals surface area contributed by atoms with E-state index in [1.807, 2.05) is 39.0 Å². The quantitative estimate of drug-likeness (QED) is 0.484. The molecule has 2 bridgehead atoms. The Kier molecular flexibility index (Phi) is 8.13. The molecule has 0 saturated heterocycles. The van der Waals surface area contributed by atoms with Gasteiger partial charge in [-0.25, -0.2) is 9.78 Å². The van der Waals surface area contributed by atoms with Crippen molar-refractivity contribution in [1.82, 2.24) is 15.3 Å². The highest BCUT2D eigenvalue weighted by Gasteiger charge is 2.41. The smallest absolute Gasteiger partial charge is 0.407 e. The van der Waals surface area contributed by atoms with E-state index >= 15 is 0 Å². The lowest BCUT2D eigenvalue weighted by molar-refractivity contribution is 0.0324. The molecule has 1 amide bonds. The van der Waals surface area contributed by atoms with Gasteiger partial charge >= 0.3 is 6.09 Å². The standard InChI is InChI=1S/C28H35N7O2/c1-28(2,3)37-27(36)34-24-19-9-6-10-20(24)12-18(11-19)15-31-25-23(14-30)17-33-26(35-25)32-16-22-8-5-4-7-21(22)13-29/h4-5,7-8,17-20,24H,6,9-12,15-16H2,1-3H3,(H,34,36)(H2,31,32,33,35)/t18?,19-,20+,24?. The van der Waals surface area contributed by atoms with E-state index in [1.54, 1.807) is 6.07 Å². The molecule has 1 aromatic carbocycles. The zero-order valence-corrected chi connectivity index (χ0v) is 21.8. The van der Waals surface area contributed by atoms with Crippen molar-refractivity contribution >= 4 is 17.9 Å². The molecule has 2 aromatic rings.